The third kappa shape index (κ3) is 5.81. The molecule has 1 atom stereocenters. The van der Waals surface area contributed by atoms with Crippen molar-refractivity contribution in [1.29, 1.82) is 0 Å². The van der Waals surface area contributed by atoms with Gasteiger partial charge in [-0.15, -0.1) is 0 Å². The van der Waals surface area contributed by atoms with Crippen LogP contribution >= 0.6 is 0 Å². The summed E-state index contributed by atoms with van der Waals surface area (Å²) in [6.45, 7) is 7.10. The van der Waals surface area contributed by atoms with Crippen molar-refractivity contribution in [3.05, 3.63) is 34.4 Å². The molecule has 0 saturated carbocycles. The van der Waals surface area contributed by atoms with Crippen molar-refractivity contribution in [3.8, 4) is 5.75 Å². The second kappa shape index (κ2) is 9.90. The molecule has 6 nitrogen and oxygen atoms in total. The summed E-state index contributed by atoms with van der Waals surface area (Å²) in [6.07, 6.45) is 7.29. The van der Waals surface area contributed by atoms with Gasteiger partial charge >= 0.3 is 0 Å². The number of fused-ring (bicyclic) bond motifs is 2. The van der Waals surface area contributed by atoms with Gasteiger partial charge in [0.2, 0.25) is 0 Å². The SMILES string of the molecule is CC(C)CCCC(C)NC(=O)COc1ccc2nc3n(c(=O)c2c1)CCCCC3. The Hall–Kier alpha value is -2.37. The van der Waals surface area contributed by atoms with Crippen LogP contribution in [0.3, 0.4) is 0 Å². The molecule has 0 bridgehead atoms. The van der Waals surface area contributed by atoms with Gasteiger partial charge in [-0.3, -0.25) is 14.2 Å². The summed E-state index contributed by atoms with van der Waals surface area (Å²) in [5.74, 6) is 1.94. The number of hydrogen-bond acceptors (Lipinski definition) is 4. The van der Waals surface area contributed by atoms with Gasteiger partial charge < -0.3 is 10.1 Å². The molecule has 29 heavy (non-hydrogen) atoms. The van der Waals surface area contributed by atoms with Crippen LogP contribution in [0.1, 0.15) is 65.1 Å². The highest BCUT2D eigenvalue weighted by molar-refractivity contribution is 5.80. The number of carbonyl (C=O) groups is 1. The van der Waals surface area contributed by atoms with Gasteiger partial charge in [-0.1, -0.05) is 33.1 Å². The zero-order valence-corrected chi connectivity index (χ0v) is 17.9. The first-order valence-electron chi connectivity index (χ1n) is 10.9. The zero-order valence-electron chi connectivity index (χ0n) is 17.9. The minimum atomic E-state index is -0.140. The monoisotopic (exact) mass is 399 g/mol. The van der Waals surface area contributed by atoms with E-state index in [4.69, 9.17) is 4.74 Å². The summed E-state index contributed by atoms with van der Waals surface area (Å²) in [7, 11) is 0. The van der Waals surface area contributed by atoms with Gasteiger partial charge in [-0.05, 0) is 50.3 Å². The van der Waals surface area contributed by atoms with E-state index in [0.717, 1.165) is 50.9 Å². The zero-order chi connectivity index (χ0) is 20.8. The van der Waals surface area contributed by atoms with E-state index in [1.54, 1.807) is 16.7 Å². The van der Waals surface area contributed by atoms with Gasteiger partial charge in [0.25, 0.3) is 11.5 Å². The Bertz CT molecular complexity index is 904. The molecule has 6 heteroatoms. The number of aryl methyl sites for hydroxylation is 1. The lowest BCUT2D eigenvalue weighted by molar-refractivity contribution is -0.123. The molecule has 2 heterocycles. The van der Waals surface area contributed by atoms with E-state index in [1.165, 1.54) is 6.42 Å². The van der Waals surface area contributed by atoms with Gasteiger partial charge in [-0.25, -0.2) is 4.98 Å². The third-order valence-electron chi connectivity index (χ3n) is 5.48. The van der Waals surface area contributed by atoms with Crippen LogP contribution in [0.4, 0.5) is 0 Å². The highest BCUT2D eigenvalue weighted by Gasteiger charge is 2.15. The second-order valence-electron chi connectivity index (χ2n) is 8.56. The molecular weight excluding hydrogens is 366 g/mol. The highest BCUT2D eigenvalue weighted by atomic mass is 16.5. The average molecular weight is 400 g/mol. The van der Waals surface area contributed by atoms with Crippen LogP contribution in [0.15, 0.2) is 23.0 Å². The number of amides is 1. The molecule has 1 aliphatic heterocycles. The lowest BCUT2D eigenvalue weighted by Crippen LogP contribution is -2.36. The number of rotatable bonds is 8. The van der Waals surface area contributed by atoms with Crippen LogP contribution in [-0.4, -0.2) is 28.1 Å². The molecule has 0 spiro atoms. The number of hydrogen-bond donors (Lipinski definition) is 1. The molecule has 0 radical (unpaired) electrons. The summed E-state index contributed by atoms with van der Waals surface area (Å²) in [5.41, 5.74) is 0.680. The summed E-state index contributed by atoms with van der Waals surface area (Å²) >= 11 is 0. The Kier molecular flexibility index (Phi) is 7.29. The first-order chi connectivity index (χ1) is 13.9. The Balaban J connectivity index is 1.61. The molecule has 1 aromatic carbocycles. The van der Waals surface area contributed by atoms with Crippen molar-refractivity contribution >= 4 is 16.8 Å². The van der Waals surface area contributed by atoms with Gasteiger partial charge in [0, 0.05) is 19.0 Å². The fourth-order valence-electron chi connectivity index (χ4n) is 3.86. The van der Waals surface area contributed by atoms with Gasteiger partial charge in [0.1, 0.15) is 11.6 Å². The van der Waals surface area contributed by atoms with Crippen molar-refractivity contribution in [2.75, 3.05) is 6.61 Å². The fraction of sp³-hybridized carbons (Fsp3) is 0.609. The Morgan fingerprint density at radius 1 is 1.21 bits per heavy atom. The number of nitrogens with zero attached hydrogens (tertiary/aromatic N) is 2. The number of aromatic nitrogens is 2. The van der Waals surface area contributed by atoms with E-state index < -0.39 is 0 Å². The fourth-order valence-corrected chi connectivity index (χ4v) is 3.86. The Morgan fingerprint density at radius 2 is 2.03 bits per heavy atom. The normalized spacial score (nSPS) is 15.0. The lowest BCUT2D eigenvalue weighted by atomic mass is 10.0. The summed E-state index contributed by atoms with van der Waals surface area (Å²) < 4.78 is 7.45. The van der Waals surface area contributed by atoms with Crippen LogP contribution in [0.25, 0.3) is 10.9 Å². The maximum Gasteiger partial charge on any atom is 0.261 e. The predicted molar refractivity (Wildman–Crippen MR) is 115 cm³/mol. The molecule has 0 saturated heterocycles. The van der Waals surface area contributed by atoms with E-state index in [-0.39, 0.29) is 24.1 Å². The molecule has 1 aromatic heterocycles. The molecule has 3 rings (SSSR count). The molecule has 0 aliphatic carbocycles. The average Bonchev–Trinajstić information content (AvgIpc) is 2.92. The lowest BCUT2D eigenvalue weighted by Gasteiger charge is -2.15. The molecular formula is C23H33N3O3. The van der Waals surface area contributed by atoms with Crippen molar-refractivity contribution in [3.63, 3.8) is 0 Å². The number of carbonyl (C=O) groups excluding carboxylic acids is 1. The number of benzene rings is 1. The van der Waals surface area contributed by atoms with Crippen molar-refractivity contribution < 1.29 is 9.53 Å². The maximum atomic E-state index is 12.9. The van der Waals surface area contributed by atoms with E-state index >= 15 is 0 Å². The van der Waals surface area contributed by atoms with Crippen LogP contribution in [-0.2, 0) is 17.8 Å². The molecule has 1 amide bonds. The number of nitrogens with one attached hydrogen (secondary N) is 1. The van der Waals surface area contributed by atoms with Gasteiger partial charge in [0.05, 0.1) is 10.9 Å². The van der Waals surface area contributed by atoms with Crippen LogP contribution in [0.2, 0.25) is 0 Å². The second-order valence-corrected chi connectivity index (χ2v) is 8.56. The predicted octanol–water partition coefficient (Wildman–Crippen LogP) is 3.83. The van der Waals surface area contributed by atoms with Crippen LogP contribution in [0, 0.1) is 5.92 Å². The largest absolute Gasteiger partial charge is 0.484 e. The van der Waals surface area contributed by atoms with Crippen molar-refractivity contribution in [2.24, 2.45) is 5.92 Å². The Morgan fingerprint density at radius 3 is 2.83 bits per heavy atom. The quantitative estimate of drug-likeness (QED) is 0.732. The summed E-state index contributed by atoms with van der Waals surface area (Å²) in [5, 5.41) is 3.53. The Labute approximate surface area is 172 Å². The molecule has 158 valence electrons. The smallest absolute Gasteiger partial charge is 0.261 e. The molecule has 1 aliphatic rings. The van der Waals surface area contributed by atoms with Crippen LogP contribution in [0.5, 0.6) is 5.75 Å². The standard InChI is InChI=1S/C23H33N3O3/c1-16(2)8-7-9-17(3)24-22(27)15-29-18-11-12-20-19(14-18)23(28)26-13-6-4-5-10-21(26)25-20/h11-12,14,16-17H,4-10,13,15H2,1-3H3,(H,24,27). The van der Waals surface area contributed by atoms with Gasteiger partial charge in [-0.2, -0.15) is 0 Å². The van der Waals surface area contributed by atoms with E-state index in [1.807, 2.05) is 13.0 Å². The van der Waals surface area contributed by atoms with Crippen molar-refractivity contribution in [1.82, 2.24) is 14.9 Å². The molecule has 1 N–H and O–H groups in total. The number of ether oxygens (including phenoxy) is 1. The molecule has 1 unspecified atom stereocenters. The van der Waals surface area contributed by atoms with E-state index in [2.05, 4.69) is 24.1 Å². The minimum absolute atomic E-state index is 0.0134. The van der Waals surface area contributed by atoms with E-state index in [0.29, 0.717) is 22.6 Å². The first-order valence-corrected chi connectivity index (χ1v) is 10.9. The van der Waals surface area contributed by atoms with Gasteiger partial charge in [0.15, 0.2) is 6.61 Å². The third-order valence-corrected chi connectivity index (χ3v) is 5.48. The minimum Gasteiger partial charge on any atom is -0.484 e. The van der Waals surface area contributed by atoms with Crippen LogP contribution < -0.4 is 15.6 Å². The van der Waals surface area contributed by atoms with Crippen molar-refractivity contribution in [2.45, 2.75) is 78.3 Å². The topological polar surface area (TPSA) is 73.2 Å². The maximum absolute atomic E-state index is 12.9. The van der Waals surface area contributed by atoms with E-state index in [9.17, 15) is 9.59 Å². The summed E-state index contributed by atoms with van der Waals surface area (Å²) in [6, 6.07) is 5.43. The molecule has 2 aromatic rings. The first kappa shape index (κ1) is 21.3. The summed E-state index contributed by atoms with van der Waals surface area (Å²) in [4.78, 5) is 29.7. The highest BCUT2D eigenvalue weighted by Crippen LogP contribution is 2.19. The molecule has 0 fully saturated rings.